The van der Waals surface area contributed by atoms with Gasteiger partial charge in [-0.15, -0.1) is 0 Å². The predicted molar refractivity (Wildman–Crippen MR) is 124 cm³/mol. The molecular formula is C24H20N4O3S. The number of benzene rings is 2. The standard InChI is InChI=1S/C24H20N4O3S/c1-27(2)19-10-8-17(9-11-19)18-14-21-22(24-25-12-13-31-24)16-28(23(21)26-15-18)32(29,30)20-6-4-3-5-7-20/h3-16H,1-2H3. The Morgan fingerprint density at radius 3 is 2.34 bits per heavy atom. The van der Waals surface area contributed by atoms with Gasteiger partial charge in [-0.3, -0.25) is 0 Å². The van der Waals surface area contributed by atoms with Crippen LogP contribution in [-0.2, 0) is 10.0 Å². The molecule has 0 N–H and O–H groups in total. The number of rotatable bonds is 5. The first-order chi connectivity index (χ1) is 15.4. The van der Waals surface area contributed by atoms with Crippen molar-refractivity contribution in [2.24, 2.45) is 0 Å². The first-order valence-corrected chi connectivity index (χ1v) is 11.4. The molecule has 0 saturated heterocycles. The highest BCUT2D eigenvalue weighted by Crippen LogP contribution is 2.34. The smallest absolute Gasteiger partial charge is 0.269 e. The molecule has 0 bridgehead atoms. The average molecular weight is 445 g/mol. The Kier molecular flexibility index (Phi) is 4.79. The molecular weight excluding hydrogens is 424 g/mol. The summed E-state index contributed by atoms with van der Waals surface area (Å²) in [6.07, 6.45) is 6.19. The first-order valence-electron chi connectivity index (χ1n) is 9.94. The van der Waals surface area contributed by atoms with Gasteiger partial charge in [0.05, 0.1) is 16.7 Å². The van der Waals surface area contributed by atoms with Crippen molar-refractivity contribution in [1.29, 1.82) is 0 Å². The zero-order valence-electron chi connectivity index (χ0n) is 17.5. The van der Waals surface area contributed by atoms with Crippen molar-refractivity contribution < 1.29 is 12.8 Å². The lowest BCUT2D eigenvalue weighted by Gasteiger charge is -2.12. The number of pyridine rings is 1. The molecule has 5 rings (SSSR count). The molecule has 3 heterocycles. The highest BCUT2D eigenvalue weighted by Gasteiger charge is 2.24. The fraction of sp³-hybridized carbons (Fsp3) is 0.0833. The summed E-state index contributed by atoms with van der Waals surface area (Å²) in [6, 6.07) is 18.3. The van der Waals surface area contributed by atoms with Crippen molar-refractivity contribution in [1.82, 2.24) is 13.9 Å². The van der Waals surface area contributed by atoms with Crippen LogP contribution in [0.1, 0.15) is 0 Å². The van der Waals surface area contributed by atoms with Gasteiger partial charge in [-0.05, 0) is 35.9 Å². The van der Waals surface area contributed by atoms with Crippen LogP contribution >= 0.6 is 0 Å². The van der Waals surface area contributed by atoms with Gasteiger partial charge < -0.3 is 9.32 Å². The highest BCUT2D eigenvalue weighted by molar-refractivity contribution is 7.90. The zero-order valence-corrected chi connectivity index (χ0v) is 18.3. The van der Waals surface area contributed by atoms with Gasteiger partial charge in [0.25, 0.3) is 10.0 Å². The second-order valence-electron chi connectivity index (χ2n) is 7.53. The van der Waals surface area contributed by atoms with Gasteiger partial charge in [-0.1, -0.05) is 30.3 Å². The van der Waals surface area contributed by atoms with E-state index in [9.17, 15) is 8.42 Å². The van der Waals surface area contributed by atoms with Gasteiger partial charge in [-0.2, -0.15) is 0 Å². The number of hydrogen-bond acceptors (Lipinski definition) is 6. The SMILES string of the molecule is CN(C)c1ccc(-c2cnc3c(c2)c(-c2ncco2)cn3S(=O)(=O)c2ccccc2)cc1. The summed E-state index contributed by atoms with van der Waals surface area (Å²) in [5, 5.41) is 0.640. The zero-order chi connectivity index (χ0) is 22.3. The maximum Gasteiger partial charge on any atom is 0.269 e. The Balaban J connectivity index is 1.71. The molecule has 0 fully saturated rings. The Morgan fingerprint density at radius 2 is 1.69 bits per heavy atom. The van der Waals surface area contributed by atoms with Gasteiger partial charge >= 0.3 is 0 Å². The van der Waals surface area contributed by atoms with E-state index in [4.69, 9.17) is 4.42 Å². The molecule has 0 aliphatic rings. The van der Waals surface area contributed by atoms with E-state index in [1.807, 2.05) is 49.3 Å². The van der Waals surface area contributed by atoms with Crippen LogP contribution in [-0.4, -0.2) is 36.5 Å². The summed E-state index contributed by atoms with van der Waals surface area (Å²) in [5.41, 5.74) is 3.80. The molecule has 0 spiro atoms. The molecule has 0 aliphatic heterocycles. The van der Waals surface area contributed by atoms with Crippen LogP contribution in [0.4, 0.5) is 5.69 Å². The van der Waals surface area contributed by atoms with Gasteiger partial charge in [-0.25, -0.2) is 22.4 Å². The predicted octanol–water partition coefficient (Wildman–Crippen LogP) is 4.66. The third kappa shape index (κ3) is 3.34. The molecule has 0 unspecified atom stereocenters. The highest BCUT2D eigenvalue weighted by atomic mass is 32.2. The summed E-state index contributed by atoms with van der Waals surface area (Å²) in [6.45, 7) is 0. The van der Waals surface area contributed by atoms with E-state index in [-0.39, 0.29) is 4.90 Å². The number of oxazole rings is 1. The van der Waals surface area contributed by atoms with Gasteiger partial charge in [0, 0.05) is 43.1 Å². The molecule has 0 saturated carbocycles. The van der Waals surface area contributed by atoms with Crippen LogP contribution in [0.15, 0.2) is 94.8 Å². The normalized spacial score (nSPS) is 11.7. The molecule has 7 nitrogen and oxygen atoms in total. The van der Waals surface area contributed by atoms with Crippen molar-refractivity contribution in [3.8, 4) is 22.6 Å². The van der Waals surface area contributed by atoms with Crippen LogP contribution in [0.25, 0.3) is 33.6 Å². The number of anilines is 1. The summed E-state index contributed by atoms with van der Waals surface area (Å²) in [5.74, 6) is 0.332. The minimum Gasteiger partial charge on any atom is -0.444 e. The lowest BCUT2D eigenvalue weighted by molar-refractivity contribution is 0.575. The number of hydrogen-bond donors (Lipinski definition) is 0. The monoisotopic (exact) mass is 444 g/mol. The Morgan fingerprint density at radius 1 is 0.938 bits per heavy atom. The molecule has 3 aromatic heterocycles. The topological polar surface area (TPSA) is 81.2 Å². The summed E-state index contributed by atoms with van der Waals surface area (Å²) >= 11 is 0. The second kappa shape index (κ2) is 7.65. The van der Waals surface area contributed by atoms with Gasteiger partial charge in [0.1, 0.15) is 6.26 Å². The molecule has 160 valence electrons. The summed E-state index contributed by atoms with van der Waals surface area (Å²) in [7, 11) is 0.125. The Bertz CT molecular complexity index is 1490. The maximum atomic E-state index is 13.4. The molecule has 2 aromatic carbocycles. The number of fused-ring (bicyclic) bond motifs is 1. The summed E-state index contributed by atoms with van der Waals surface area (Å²) in [4.78, 5) is 11.0. The van der Waals surface area contributed by atoms with Crippen molar-refractivity contribution in [2.45, 2.75) is 4.90 Å². The molecule has 0 aliphatic carbocycles. The van der Waals surface area contributed by atoms with Crippen molar-refractivity contribution in [2.75, 3.05) is 19.0 Å². The van der Waals surface area contributed by atoms with E-state index >= 15 is 0 Å². The van der Waals surface area contributed by atoms with Crippen LogP contribution in [0.2, 0.25) is 0 Å². The molecule has 0 amide bonds. The number of nitrogens with zero attached hydrogens (tertiary/aromatic N) is 4. The summed E-state index contributed by atoms with van der Waals surface area (Å²) < 4.78 is 33.4. The fourth-order valence-corrected chi connectivity index (χ4v) is 4.95. The quantitative estimate of drug-likeness (QED) is 0.392. The fourth-order valence-electron chi connectivity index (χ4n) is 3.61. The average Bonchev–Trinajstić information content (AvgIpc) is 3.47. The van der Waals surface area contributed by atoms with Crippen LogP contribution in [0.5, 0.6) is 0 Å². The Labute approximate surface area is 185 Å². The molecule has 32 heavy (non-hydrogen) atoms. The van der Waals surface area contributed by atoms with Crippen LogP contribution in [0.3, 0.4) is 0 Å². The molecule has 8 heteroatoms. The van der Waals surface area contributed by atoms with E-state index < -0.39 is 10.0 Å². The third-order valence-corrected chi connectivity index (χ3v) is 6.96. The van der Waals surface area contributed by atoms with E-state index in [0.29, 0.717) is 22.5 Å². The van der Waals surface area contributed by atoms with E-state index in [1.165, 1.54) is 22.6 Å². The van der Waals surface area contributed by atoms with E-state index in [1.54, 1.807) is 36.5 Å². The number of aromatic nitrogens is 3. The first kappa shape index (κ1) is 20.0. The lowest BCUT2D eigenvalue weighted by atomic mass is 10.1. The van der Waals surface area contributed by atoms with Crippen molar-refractivity contribution in [3.63, 3.8) is 0 Å². The van der Waals surface area contributed by atoms with Crippen LogP contribution in [0, 0.1) is 0 Å². The van der Waals surface area contributed by atoms with Gasteiger partial charge in [0.15, 0.2) is 5.65 Å². The Hall–Kier alpha value is -3.91. The van der Waals surface area contributed by atoms with Crippen molar-refractivity contribution in [3.05, 3.63) is 85.5 Å². The lowest BCUT2D eigenvalue weighted by Crippen LogP contribution is -2.12. The second-order valence-corrected chi connectivity index (χ2v) is 9.35. The van der Waals surface area contributed by atoms with Crippen molar-refractivity contribution >= 4 is 26.7 Å². The maximum absolute atomic E-state index is 13.4. The minimum absolute atomic E-state index is 0.181. The molecule has 5 aromatic rings. The van der Waals surface area contributed by atoms with Crippen LogP contribution < -0.4 is 4.90 Å². The van der Waals surface area contributed by atoms with Gasteiger partial charge in [0.2, 0.25) is 5.89 Å². The van der Waals surface area contributed by atoms with E-state index in [2.05, 4.69) is 9.97 Å². The largest absolute Gasteiger partial charge is 0.444 e. The molecule has 0 radical (unpaired) electrons. The third-order valence-electron chi connectivity index (χ3n) is 5.29. The molecule has 0 atom stereocenters. The minimum atomic E-state index is -3.85. The van der Waals surface area contributed by atoms with E-state index in [0.717, 1.165) is 16.8 Å².